The zero-order valence-corrected chi connectivity index (χ0v) is 13.8. The van der Waals surface area contributed by atoms with E-state index < -0.39 is 0 Å². The lowest BCUT2D eigenvalue weighted by Crippen LogP contribution is -1.87. The van der Waals surface area contributed by atoms with Crippen LogP contribution in [0, 0.1) is 22.7 Å². The second-order valence-electron chi connectivity index (χ2n) is 6.39. The highest BCUT2D eigenvalue weighted by Crippen LogP contribution is 2.51. The fraction of sp³-hybridized carbons (Fsp3) is 0. The van der Waals surface area contributed by atoms with Gasteiger partial charge in [-0.2, -0.15) is 10.5 Å². The van der Waals surface area contributed by atoms with Gasteiger partial charge in [-0.15, -0.1) is 0 Å². The van der Waals surface area contributed by atoms with Crippen molar-refractivity contribution in [1.82, 2.24) is 0 Å². The van der Waals surface area contributed by atoms with Crippen molar-refractivity contribution in [2.24, 2.45) is 0 Å². The van der Waals surface area contributed by atoms with Gasteiger partial charge in [0.1, 0.15) is 17.7 Å². The zero-order valence-electron chi connectivity index (χ0n) is 13.8. The Morgan fingerprint density at radius 2 is 1.27 bits per heavy atom. The lowest BCUT2D eigenvalue weighted by Gasteiger charge is -2.12. The molecule has 26 heavy (non-hydrogen) atoms. The average molecular weight is 328 g/mol. The van der Waals surface area contributed by atoms with Gasteiger partial charge in [0.05, 0.1) is 0 Å². The first-order chi connectivity index (χ1) is 12.8. The van der Waals surface area contributed by atoms with Crippen LogP contribution in [0.15, 0.2) is 72.3 Å². The molecule has 0 aliphatic heterocycles. The minimum Gasteiger partial charge on any atom is -0.192 e. The molecule has 2 nitrogen and oxygen atoms in total. The van der Waals surface area contributed by atoms with Crippen LogP contribution in [0.4, 0.5) is 0 Å². The molecule has 0 N–H and O–H groups in total. The highest BCUT2D eigenvalue weighted by atomic mass is 14.3. The number of nitriles is 2. The number of hydrogen-bond donors (Lipinski definition) is 0. The van der Waals surface area contributed by atoms with E-state index in [4.69, 9.17) is 0 Å². The fourth-order valence-electron chi connectivity index (χ4n) is 4.09. The molecule has 0 spiro atoms. The van der Waals surface area contributed by atoms with Gasteiger partial charge in [0.25, 0.3) is 0 Å². The van der Waals surface area contributed by atoms with Crippen molar-refractivity contribution in [2.75, 3.05) is 0 Å². The van der Waals surface area contributed by atoms with E-state index in [1.54, 1.807) is 6.08 Å². The summed E-state index contributed by atoms with van der Waals surface area (Å²) in [6, 6.07) is 27.0. The molecular formula is C24H12N2. The summed E-state index contributed by atoms with van der Waals surface area (Å²) in [6.07, 6.45) is 1.72. The first-order valence-electron chi connectivity index (χ1n) is 8.42. The highest BCUT2D eigenvalue weighted by molar-refractivity contribution is 6.26. The van der Waals surface area contributed by atoms with Crippen LogP contribution in [0.2, 0.25) is 0 Å². The summed E-state index contributed by atoms with van der Waals surface area (Å²) in [6.45, 7) is 0. The van der Waals surface area contributed by atoms with E-state index in [0.717, 1.165) is 21.7 Å². The molecule has 0 unspecified atom stereocenters. The van der Waals surface area contributed by atoms with Crippen molar-refractivity contribution in [2.45, 2.75) is 0 Å². The summed E-state index contributed by atoms with van der Waals surface area (Å²) in [7, 11) is 0. The van der Waals surface area contributed by atoms with Crippen LogP contribution >= 0.6 is 0 Å². The summed E-state index contributed by atoms with van der Waals surface area (Å²) >= 11 is 0. The summed E-state index contributed by atoms with van der Waals surface area (Å²) in [5, 5.41) is 23.0. The molecule has 0 amide bonds. The summed E-state index contributed by atoms with van der Waals surface area (Å²) < 4.78 is 0. The lowest BCUT2D eigenvalue weighted by atomic mass is 9.90. The van der Waals surface area contributed by atoms with Gasteiger partial charge < -0.3 is 0 Å². The second-order valence-corrected chi connectivity index (χ2v) is 6.39. The third-order valence-corrected chi connectivity index (χ3v) is 5.11. The number of rotatable bonds is 1. The van der Waals surface area contributed by atoms with Gasteiger partial charge in [0.2, 0.25) is 0 Å². The largest absolute Gasteiger partial charge is 0.192 e. The van der Waals surface area contributed by atoms with Crippen LogP contribution in [0.1, 0.15) is 5.56 Å². The Kier molecular flexibility index (Phi) is 2.95. The number of nitrogens with zero attached hydrogens (tertiary/aromatic N) is 2. The molecule has 0 saturated carbocycles. The van der Waals surface area contributed by atoms with Gasteiger partial charge in [-0.25, -0.2) is 0 Å². The van der Waals surface area contributed by atoms with E-state index in [-0.39, 0.29) is 5.57 Å². The molecule has 4 aromatic carbocycles. The van der Waals surface area contributed by atoms with Crippen molar-refractivity contribution in [3.63, 3.8) is 0 Å². The molecule has 1 aliphatic rings. The Morgan fingerprint density at radius 1 is 0.654 bits per heavy atom. The third kappa shape index (κ3) is 1.79. The fourth-order valence-corrected chi connectivity index (χ4v) is 4.09. The summed E-state index contributed by atoms with van der Waals surface area (Å²) in [4.78, 5) is 0. The molecule has 0 fully saturated rings. The van der Waals surface area contributed by atoms with Gasteiger partial charge in [0, 0.05) is 0 Å². The molecule has 0 heterocycles. The van der Waals surface area contributed by atoms with Crippen LogP contribution in [0.5, 0.6) is 0 Å². The molecule has 0 radical (unpaired) electrons. The van der Waals surface area contributed by atoms with Crippen LogP contribution in [-0.4, -0.2) is 0 Å². The van der Waals surface area contributed by atoms with E-state index in [2.05, 4.69) is 48.5 Å². The van der Waals surface area contributed by atoms with Crippen molar-refractivity contribution >= 4 is 27.6 Å². The Labute approximate surface area is 150 Å². The maximum atomic E-state index is 9.25. The SMILES string of the molecule is N#CC(C#N)=Cc1c2ccccc2c2c3c(cccc13)-c1ccccc1-2. The van der Waals surface area contributed by atoms with E-state index in [9.17, 15) is 10.5 Å². The van der Waals surface area contributed by atoms with Crippen LogP contribution in [0.3, 0.4) is 0 Å². The average Bonchev–Trinajstić information content (AvgIpc) is 3.04. The molecule has 0 aromatic heterocycles. The Bertz CT molecular complexity index is 1330. The number of fused-ring (bicyclic) bond motifs is 5. The van der Waals surface area contributed by atoms with E-state index in [1.807, 2.05) is 30.3 Å². The molecule has 0 atom stereocenters. The maximum Gasteiger partial charge on any atom is 0.130 e. The molecular weight excluding hydrogens is 316 g/mol. The minimum absolute atomic E-state index is 0.117. The van der Waals surface area contributed by atoms with Crippen molar-refractivity contribution < 1.29 is 0 Å². The third-order valence-electron chi connectivity index (χ3n) is 5.11. The normalized spacial score (nSPS) is 11.0. The smallest absolute Gasteiger partial charge is 0.130 e. The second kappa shape index (κ2) is 5.31. The molecule has 118 valence electrons. The van der Waals surface area contributed by atoms with E-state index >= 15 is 0 Å². The standard InChI is InChI=1S/C24H12N2/c25-13-15(14-26)12-22-17-7-2-4-9-19(17)23-18-8-3-1-6-16(18)20-10-5-11-21(22)24(20)23/h1-12H. The molecule has 5 rings (SSSR count). The Balaban J connectivity index is 2.07. The zero-order chi connectivity index (χ0) is 17.7. The monoisotopic (exact) mass is 328 g/mol. The Morgan fingerprint density at radius 3 is 2.04 bits per heavy atom. The van der Waals surface area contributed by atoms with Crippen LogP contribution < -0.4 is 0 Å². The molecule has 1 aliphatic carbocycles. The van der Waals surface area contributed by atoms with Crippen molar-refractivity contribution in [3.05, 3.63) is 77.9 Å². The lowest BCUT2D eigenvalue weighted by molar-refractivity contribution is 1.47. The number of hydrogen-bond acceptors (Lipinski definition) is 2. The summed E-state index contributed by atoms with van der Waals surface area (Å²) in [5.41, 5.74) is 5.99. The molecule has 0 bridgehead atoms. The Hall–Kier alpha value is -3.88. The van der Waals surface area contributed by atoms with E-state index in [0.29, 0.717) is 0 Å². The van der Waals surface area contributed by atoms with Gasteiger partial charge in [0.15, 0.2) is 0 Å². The number of allylic oxidation sites excluding steroid dienone is 1. The molecule has 0 saturated heterocycles. The molecule has 4 aromatic rings. The van der Waals surface area contributed by atoms with Crippen LogP contribution in [0.25, 0.3) is 49.9 Å². The van der Waals surface area contributed by atoms with Crippen molar-refractivity contribution in [1.29, 1.82) is 10.5 Å². The predicted octanol–water partition coefficient (Wildman–Crippen LogP) is 6.07. The predicted molar refractivity (Wildman–Crippen MR) is 105 cm³/mol. The van der Waals surface area contributed by atoms with Crippen molar-refractivity contribution in [3.8, 4) is 34.4 Å². The topological polar surface area (TPSA) is 47.6 Å². The van der Waals surface area contributed by atoms with Gasteiger partial charge in [-0.05, 0) is 55.4 Å². The van der Waals surface area contributed by atoms with Gasteiger partial charge in [-0.3, -0.25) is 0 Å². The first-order valence-corrected chi connectivity index (χ1v) is 8.42. The number of benzene rings is 4. The first kappa shape index (κ1) is 14.5. The molecule has 2 heteroatoms. The maximum absolute atomic E-state index is 9.25. The quantitative estimate of drug-likeness (QED) is 0.277. The minimum atomic E-state index is 0.117. The highest BCUT2D eigenvalue weighted by Gasteiger charge is 2.24. The van der Waals surface area contributed by atoms with Gasteiger partial charge in [-0.1, -0.05) is 66.7 Å². The van der Waals surface area contributed by atoms with Crippen LogP contribution in [-0.2, 0) is 0 Å². The summed E-state index contributed by atoms with van der Waals surface area (Å²) in [5.74, 6) is 0. The van der Waals surface area contributed by atoms with E-state index in [1.165, 1.54) is 27.6 Å². The van der Waals surface area contributed by atoms with Gasteiger partial charge >= 0.3 is 0 Å².